The van der Waals surface area contributed by atoms with Crippen LogP contribution in [0.5, 0.6) is 0 Å². The second kappa shape index (κ2) is 4.06. The third-order valence-electron chi connectivity index (χ3n) is 1.41. The van der Waals surface area contributed by atoms with Gasteiger partial charge in [0.25, 0.3) is 5.69 Å². The molecule has 0 fully saturated rings. The van der Waals surface area contributed by atoms with Gasteiger partial charge in [-0.2, -0.15) is 0 Å². The van der Waals surface area contributed by atoms with Gasteiger partial charge in [-0.1, -0.05) is 0 Å². The van der Waals surface area contributed by atoms with Crippen molar-refractivity contribution in [1.82, 2.24) is 0 Å². The summed E-state index contributed by atoms with van der Waals surface area (Å²) in [6, 6.07) is 2.58. The van der Waals surface area contributed by atoms with Crippen molar-refractivity contribution < 1.29 is 9.31 Å². The van der Waals surface area contributed by atoms with Crippen molar-refractivity contribution in [3.63, 3.8) is 0 Å². The summed E-state index contributed by atoms with van der Waals surface area (Å²) in [6.07, 6.45) is 1.73. The number of halogens is 2. The molecular formula is C7H5BrFNO2S. The number of thioether (sulfide) groups is 1. The highest BCUT2D eigenvalue weighted by molar-refractivity contribution is 9.10. The average Bonchev–Trinajstić information content (AvgIpc) is 2.09. The molecule has 3 nitrogen and oxygen atoms in total. The molecule has 0 bridgehead atoms. The summed E-state index contributed by atoms with van der Waals surface area (Å²) in [6.45, 7) is 0. The van der Waals surface area contributed by atoms with Gasteiger partial charge in [-0.25, -0.2) is 4.39 Å². The number of benzene rings is 1. The molecule has 70 valence electrons. The first kappa shape index (κ1) is 10.5. The maximum Gasteiger partial charge on any atom is 0.287 e. The lowest BCUT2D eigenvalue weighted by Gasteiger charge is -2.00. The quantitative estimate of drug-likeness (QED) is 0.469. The van der Waals surface area contributed by atoms with Gasteiger partial charge < -0.3 is 0 Å². The monoisotopic (exact) mass is 265 g/mol. The van der Waals surface area contributed by atoms with Crippen LogP contribution in [0, 0.1) is 15.9 Å². The Kier molecular flexibility index (Phi) is 3.27. The van der Waals surface area contributed by atoms with E-state index in [1.165, 1.54) is 23.9 Å². The molecule has 1 rings (SSSR count). The third-order valence-corrected chi connectivity index (χ3v) is 2.91. The summed E-state index contributed by atoms with van der Waals surface area (Å²) in [5, 5.41) is 10.4. The molecule has 0 amide bonds. The number of hydrogen-bond donors (Lipinski definition) is 0. The molecule has 0 saturated heterocycles. The highest BCUT2D eigenvalue weighted by Crippen LogP contribution is 2.31. The zero-order chi connectivity index (χ0) is 10.0. The number of nitro benzene ring substituents is 1. The van der Waals surface area contributed by atoms with Crippen molar-refractivity contribution >= 4 is 33.4 Å². The van der Waals surface area contributed by atoms with Gasteiger partial charge >= 0.3 is 0 Å². The Morgan fingerprint density at radius 1 is 1.62 bits per heavy atom. The number of hydrogen-bond acceptors (Lipinski definition) is 3. The van der Waals surface area contributed by atoms with Gasteiger partial charge in [0.2, 0.25) is 0 Å². The van der Waals surface area contributed by atoms with Crippen LogP contribution in [0.25, 0.3) is 0 Å². The molecular weight excluding hydrogens is 261 g/mol. The zero-order valence-corrected chi connectivity index (χ0v) is 8.99. The van der Waals surface area contributed by atoms with Gasteiger partial charge in [0.15, 0.2) is 0 Å². The van der Waals surface area contributed by atoms with Crippen LogP contribution in [0.2, 0.25) is 0 Å². The Hall–Kier alpha value is -0.620. The van der Waals surface area contributed by atoms with E-state index in [1.807, 2.05) is 0 Å². The Bertz CT molecular complexity index is 359. The fraction of sp³-hybridized carbons (Fsp3) is 0.143. The molecule has 1 aromatic carbocycles. The first-order chi connectivity index (χ1) is 6.06. The smallest absolute Gasteiger partial charge is 0.258 e. The highest BCUT2D eigenvalue weighted by Gasteiger charge is 2.17. The first-order valence-corrected chi connectivity index (χ1v) is 5.25. The molecule has 0 aliphatic heterocycles. The van der Waals surface area contributed by atoms with Crippen molar-refractivity contribution in [1.29, 1.82) is 0 Å². The normalized spacial score (nSPS) is 10.1. The number of nitrogens with zero attached hydrogens (tertiary/aromatic N) is 1. The van der Waals surface area contributed by atoms with Crippen LogP contribution in [0.4, 0.5) is 10.1 Å². The molecule has 0 aliphatic rings. The van der Waals surface area contributed by atoms with Gasteiger partial charge in [0.05, 0.1) is 4.92 Å². The van der Waals surface area contributed by atoms with Crippen molar-refractivity contribution in [3.8, 4) is 0 Å². The lowest BCUT2D eigenvalue weighted by molar-refractivity contribution is -0.386. The summed E-state index contributed by atoms with van der Waals surface area (Å²) in [4.78, 5) is 10.4. The second-order valence-electron chi connectivity index (χ2n) is 2.20. The molecule has 0 spiro atoms. The molecule has 0 aliphatic carbocycles. The predicted octanol–water partition coefficient (Wildman–Crippen LogP) is 3.22. The van der Waals surface area contributed by atoms with Crippen LogP contribution in [0.3, 0.4) is 0 Å². The summed E-state index contributed by atoms with van der Waals surface area (Å²) >= 11 is 4.08. The van der Waals surface area contributed by atoms with Crippen LogP contribution >= 0.6 is 27.7 Å². The minimum atomic E-state index is -0.618. The van der Waals surface area contributed by atoms with Crippen molar-refractivity contribution in [2.75, 3.05) is 6.26 Å². The Labute approximate surface area is 86.6 Å². The molecule has 13 heavy (non-hydrogen) atoms. The Balaban J connectivity index is 3.33. The van der Waals surface area contributed by atoms with E-state index in [9.17, 15) is 14.5 Å². The lowest BCUT2D eigenvalue weighted by atomic mass is 10.3. The van der Waals surface area contributed by atoms with Gasteiger partial charge in [0.1, 0.15) is 10.3 Å². The number of rotatable bonds is 2. The SMILES string of the molecule is CSc1cc(F)c(Br)c([N+](=O)[O-])c1. The van der Waals surface area contributed by atoms with E-state index in [0.717, 1.165) is 0 Å². The molecule has 0 saturated carbocycles. The average molecular weight is 266 g/mol. The summed E-state index contributed by atoms with van der Waals surface area (Å²) in [7, 11) is 0. The van der Waals surface area contributed by atoms with Crippen LogP contribution in [-0.4, -0.2) is 11.2 Å². The topological polar surface area (TPSA) is 43.1 Å². The Morgan fingerprint density at radius 3 is 2.69 bits per heavy atom. The fourth-order valence-electron chi connectivity index (χ4n) is 0.801. The zero-order valence-electron chi connectivity index (χ0n) is 6.58. The molecule has 0 aromatic heterocycles. The van der Waals surface area contributed by atoms with Gasteiger partial charge in [-0.3, -0.25) is 10.1 Å². The van der Waals surface area contributed by atoms with Gasteiger partial charge in [0, 0.05) is 11.0 Å². The first-order valence-electron chi connectivity index (χ1n) is 3.23. The standard InChI is InChI=1S/C7H5BrFNO2S/c1-13-4-2-5(9)7(8)6(3-4)10(11)12/h2-3H,1H3. The lowest BCUT2D eigenvalue weighted by Crippen LogP contribution is -1.92. The highest BCUT2D eigenvalue weighted by atomic mass is 79.9. The maximum absolute atomic E-state index is 13.0. The van der Waals surface area contributed by atoms with E-state index in [0.29, 0.717) is 4.90 Å². The van der Waals surface area contributed by atoms with Crippen LogP contribution < -0.4 is 0 Å². The molecule has 0 radical (unpaired) electrons. The van der Waals surface area contributed by atoms with E-state index in [4.69, 9.17) is 0 Å². The summed E-state index contributed by atoms with van der Waals surface area (Å²) in [5.41, 5.74) is -0.246. The van der Waals surface area contributed by atoms with Crippen LogP contribution in [0.15, 0.2) is 21.5 Å². The van der Waals surface area contributed by atoms with E-state index < -0.39 is 10.7 Å². The van der Waals surface area contributed by atoms with Gasteiger partial charge in [-0.05, 0) is 28.3 Å². The van der Waals surface area contributed by atoms with E-state index >= 15 is 0 Å². The van der Waals surface area contributed by atoms with Crippen molar-refractivity contribution in [2.24, 2.45) is 0 Å². The van der Waals surface area contributed by atoms with Crippen LogP contribution in [-0.2, 0) is 0 Å². The molecule has 0 atom stereocenters. The van der Waals surface area contributed by atoms with Crippen molar-refractivity contribution in [2.45, 2.75) is 4.90 Å². The molecule has 1 aromatic rings. The maximum atomic E-state index is 13.0. The summed E-state index contributed by atoms with van der Waals surface area (Å²) < 4.78 is 12.9. The Morgan fingerprint density at radius 2 is 2.23 bits per heavy atom. The van der Waals surface area contributed by atoms with E-state index in [2.05, 4.69) is 15.9 Å². The molecule has 0 unspecified atom stereocenters. The summed E-state index contributed by atoms with van der Waals surface area (Å²) in [5.74, 6) is -0.612. The molecule has 0 heterocycles. The van der Waals surface area contributed by atoms with E-state index in [-0.39, 0.29) is 10.2 Å². The molecule has 6 heteroatoms. The van der Waals surface area contributed by atoms with Gasteiger partial charge in [-0.15, -0.1) is 11.8 Å². The van der Waals surface area contributed by atoms with E-state index in [1.54, 1.807) is 6.26 Å². The third kappa shape index (κ3) is 2.19. The largest absolute Gasteiger partial charge is 0.287 e. The second-order valence-corrected chi connectivity index (χ2v) is 3.87. The number of nitro groups is 1. The fourth-order valence-corrected chi connectivity index (χ4v) is 1.63. The van der Waals surface area contributed by atoms with Crippen molar-refractivity contribution in [3.05, 3.63) is 32.5 Å². The predicted molar refractivity (Wildman–Crippen MR) is 52.5 cm³/mol. The van der Waals surface area contributed by atoms with Crippen LogP contribution in [0.1, 0.15) is 0 Å². The molecule has 0 N–H and O–H groups in total. The minimum absolute atomic E-state index is 0.102. The minimum Gasteiger partial charge on any atom is -0.258 e.